The third-order valence-corrected chi connectivity index (χ3v) is 3.16. The summed E-state index contributed by atoms with van der Waals surface area (Å²) < 4.78 is 28.2. The number of nitrogens with zero attached hydrogens (tertiary/aromatic N) is 3. The van der Waals surface area contributed by atoms with E-state index in [-0.39, 0.29) is 16.5 Å². The van der Waals surface area contributed by atoms with Crippen molar-refractivity contribution in [2.45, 2.75) is 0 Å². The number of fused-ring (bicyclic) bond motifs is 1. The van der Waals surface area contributed by atoms with Crippen LogP contribution in [-0.2, 0) is 7.05 Å². The minimum absolute atomic E-state index is 0.0484. The maximum Gasteiger partial charge on any atom is 0.336 e. The van der Waals surface area contributed by atoms with E-state index < -0.39 is 17.6 Å². The molecule has 0 aliphatic rings. The summed E-state index contributed by atoms with van der Waals surface area (Å²) in [5.41, 5.74) is 0.829. The van der Waals surface area contributed by atoms with Gasteiger partial charge < -0.3 is 5.11 Å². The molecule has 5 nitrogen and oxygen atoms in total. The van der Waals surface area contributed by atoms with Gasteiger partial charge in [0.1, 0.15) is 0 Å². The maximum absolute atomic E-state index is 13.4. The van der Waals surface area contributed by atoms with Gasteiger partial charge in [0.25, 0.3) is 0 Å². The van der Waals surface area contributed by atoms with Gasteiger partial charge in [0.05, 0.1) is 22.5 Å². The van der Waals surface area contributed by atoms with Crippen LogP contribution in [0, 0.1) is 11.6 Å². The van der Waals surface area contributed by atoms with Crippen molar-refractivity contribution in [1.29, 1.82) is 0 Å². The van der Waals surface area contributed by atoms with E-state index >= 15 is 0 Å². The molecule has 0 saturated heterocycles. The van der Waals surface area contributed by atoms with Crippen molar-refractivity contribution < 1.29 is 18.7 Å². The average molecular weight is 289 g/mol. The van der Waals surface area contributed by atoms with E-state index in [4.69, 9.17) is 0 Å². The summed E-state index contributed by atoms with van der Waals surface area (Å²) in [6.07, 6.45) is 1.53. The van der Waals surface area contributed by atoms with Crippen LogP contribution in [-0.4, -0.2) is 25.8 Å². The minimum Gasteiger partial charge on any atom is -0.478 e. The first-order valence-electron chi connectivity index (χ1n) is 5.99. The second-order valence-corrected chi connectivity index (χ2v) is 4.48. The summed E-state index contributed by atoms with van der Waals surface area (Å²) in [5, 5.41) is 13.3. The molecule has 106 valence electrons. The summed E-state index contributed by atoms with van der Waals surface area (Å²) in [7, 11) is 1.67. The number of carbonyl (C=O) groups is 1. The van der Waals surface area contributed by atoms with Crippen molar-refractivity contribution in [1.82, 2.24) is 14.8 Å². The molecule has 7 heteroatoms. The summed E-state index contributed by atoms with van der Waals surface area (Å²) >= 11 is 0. The van der Waals surface area contributed by atoms with Crippen molar-refractivity contribution in [3.05, 3.63) is 47.7 Å². The van der Waals surface area contributed by atoms with Gasteiger partial charge in [0.15, 0.2) is 11.6 Å². The number of benzene rings is 1. The second-order valence-electron chi connectivity index (χ2n) is 4.48. The molecular formula is C14H9F2N3O2. The lowest BCUT2D eigenvalue weighted by Crippen LogP contribution is -2.03. The number of hydrogen-bond acceptors (Lipinski definition) is 3. The molecule has 0 radical (unpaired) electrons. The van der Waals surface area contributed by atoms with Gasteiger partial charge in [0, 0.05) is 24.7 Å². The Morgan fingerprint density at radius 1 is 1.24 bits per heavy atom. The molecule has 3 rings (SSSR count). The Kier molecular flexibility index (Phi) is 2.90. The van der Waals surface area contributed by atoms with Crippen LogP contribution >= 0.6 is 0 Å². The Bertz CT molecular complexity index is 874. The van der Waals surface area contributed by atoms with Crippen molar-refractivity contribution >= 4 is 16.9 Å². The van der Waals surface area contributed by atoms with Gasteiger partial charge in [-0.25, -0.2) is 18.6 Å². The molecule has 0 unspecified atom stereocenters. The van der Waals surface area contributed by atoms with Gasteiger partial charge in [-0.15, -0.1) is 0 Å². The Morgan fingerprint density at radius 2 is 1.95 bits per heavy atom. The molecule has 0 saturated carbocycles. The Hall–Kier alpha value is -2.83. The highest BCUT2D eigenvalue weighted by atomic mass is 19.2. The summed E-state index contributed by atoms with van der Waals surface area (Å²) in [6.45, 7) is 0. The molecule has 21 heavy (non-hydrogen) atoms. The van der Waals surface area contributed by atoms with Gasteiger partial charge in [-0.3, -0.25) is 4.68 Å². The summed E-state index contributed by atoms with van der Waals surface area (Å²) in [6, 6.07) is 4.70. The smallest absolute Gasteiger partial charge is 0.336 e. The first-order valence-corrected chi connectivity index (χ1v) is 5.99. The summed E-state index contributed by atoms with van der Waals surface area (Å²) in [4.78, 5) is 15.5. The molecule has 2 aromatic heterocycles. The number of carboxylic acid groups (broad SMARTS) is 1. The second kappa shape index (κ2) is 4.62. The molecule has 3 aromatic rings. The normalized spacial score (nSPS) is 11.0. The van der Waals surface area contributed by atoms with Crippen LogP contribution in [0.2, 0.25) is 0 Å². The van der Waals surface area contributed by atoms with Gasteiger partial charge in [-0.1, -0.05) is 0 Å². The highest BCUT2D eigenvalue weighted by Gasteiger charge is 2.16. The van der Waals surface area contributed by atoms with Crippen LogP contribution < -0.4 is 0 Å². The van der Waals surface area contributed by atoms with Crippen LogP contribution in [0.25, 0.3) is 22.3 Å². The molecule has 0 bridgehead atoms. The third kappa shape index (κ3) is 2.12. The van der Waals surface area contributed by atoms with Crippen molar-refractivity contribution in [2.24, 2.45) is 7.05 Å². The monoisotopic (exact) mass is 289 g/mol. The standard InChI is InChI=1S/C14H9F2N3O2/c1-19-13(2-3-17-19)12-5-8(14(20)21)7-4-9(15)10(16)6-11(7)18-12/h2-6H,1H3,(H,20,21). The fourth-order valence-electron chi connectivity index (χ4n) is 2.15. The minimum atomic E-state index is -1.24. The van der Waals surface area contributed by atoms with Gasteiger partial charge in [-0.2, -0.15) is 5.10 Å². The Morgan fingerprint density at radius 3 is 2.57 bits per heavy atom. The van der Waals surface area contributed by atoms with E-state index in [1.54, 1.807) is 13.1 Å². The van der Waals surface area contributed by atoms with Gasteiger partial charge >= 0.3 is 5.97 Å². The lowest BCUT2D eigenvalue weighted by atomic mass is 10.1. The topological polar surface area (TPSA) is 68.0 Å². The predicted molar refractivity (Wildman–Crippen MR) is 70.8 cm³/mol. The number of aromatic nitrogens is 3. The van der Waals surface area contributed by atoms with E-state index in [2.05, 4.69) is 10.1 Å². The number of aromatic carboxylic acids is 1. The predicted octanol–water partition coefficient (Wildman–Crippen LogP) is 2.61. The third-order valence-electron chi connectivity index (χ3n) is 3.16. The van der Waals surface area contributed by atoms with Crippen molar-refractivity contribution in [3.8, 4) is 11.4 Å². The first-order chi connectivity index (χ1) is 9.97. The van der Waals surface area contributed by atoms with Crippen LogP contribution in [0.4, 0.5) is 8.78 Å². The quantitative estimate of drug-likeness (QED) is 0.787. The van der Waals surface area contributed by atoms with E-state index in [1.807, 2.05) is 0 Å². The molecule has 0 spiro atoms. The number of hydrogen-bond donors (Lipinski definition) is 1. The lowest BCUT2D eigenvalue weighted by Gasteiger charge is -2.08. The maximum atomic E-state index is 13.4. The Balaban J connectivity index is 2.37. The molecular weight excluding hydrogens is 280 g/mol. The number of carboxylic acids is 1. The fraction of sp³-hybridized carbons (Fsp3) is 0.0714. The zero-order chi connectivity index (χ0) is 15.1. The van der Waals surface area contributed by atoms with Gasteiger partial charge in [-0.05, 0) is 18.2 Å². The Labute approximate surface area is 117 Å². The highest BCUT2D eigenvalue weighted by Crippen LogP contribution is 2.26. The first kappa shape index (κ1) is 13.2. The number of rotatable bonds is 2. The molecule has 1 N–H and O–H groups in total. The highest BCUT2D eigenvalue weighted by molar-refractivity contribution is 6.03. The largest absolute Gasteiger partial charge is 0.478 e. The average Bonchev–Trinajstić information content (AvgIpc) is 2.85. The van der Waals surface area contributed by atoms with Crippen LogP contribution in [0.5, 0.6) is 0 Å². The SMILES string of the molecule is Cn1nccc1-c1cc(C(=O)O)c2cc(F)c(F)cc2n1. The molecule has 0 aliphatic heterocycles. The molecule has 0 amide bonds. The number of halogens is 2. The van der Waals surface area contributed by atoms with E-state index in [9.17, 15) is 18.7 Å². The zero-order valence-electron chi connectivity index (χ0n) is 10.8. The summed E-state index contributed by atoms with van der Waals surface area (Å²) in [5.74, 6) is -3.43. The van der Waals surface area contributed by atoms with Crippen LogP contribution in [0.1, 0.15) is 10.4 Å². The van der Waals surface area contributed by atoms with E-state index in [0.29, 0.717) is 11.4 Å². The molecule has 0 atom stereocenters. The number of pyridine rings is 1. The molecule has 0 fully saturated rings. The molecule has 0 aliphatic carbocycles. The van der Waals surface area contributed by atoms with Gasteiger partial charge in [0.2, 0.25) is 0 Å². The van der Waals surface area contributed by atoms with Crippen molar-refractivity contribution in [3.63, 3.8) is 0 Å². The number of aryl methyl sites for hydroxylation is 1. The van der Waals surface area contributed by atoms with E-state index in [1.165, 1.54) is 16.9 Å². The zero-order valence-corrected chi connectivity index (χ0v) is 10.8. The molecule has 1 aromatic carbocycles. The fourth-order valence-corrected chi connectivity index (χ4v) is 2.15. The molecule has 2 heterocycles. The van der Waals surface area contributed by atoms with Crippen LogP contribution in [0.15, 0.2) is 30.5 Å². The van der Waals surface area contributed by atoms with Crippen LogP contribution in [0.3, 0.4) is 0 Å². The lowest BCUT2D eigenvalue weighted by molar-refractivity contribution is 0.0699. The van der Waals surface area contributed by atoms with E-state index in [0.717, 1.165) is 12.1 Å². The van der Waals surface area contributed by atoms with Crippen molar-refractivity contribution in [2.75, 3.05) is 0 Å².